The van der Waals surface area contributed by atoms with Crippen molar-refractivity contribution >= 4 is 64.2 Å². The molecule has 0 radical (unpaired) electrons. The molecule has 0 aliphatic heterocycles. The quantitative estimate of drug-likeness (QED) is 0.0976. The molecule has 232 valence electrons. The van der Waals surface area contributed by atoms with Gasteiger partial charge in [-0.15, -0.1) is 0 Å². The van der Waals surface area contributed by atoms with E-state index < -0.39 is 0 Å². The van der Waals surface area contributed by atoms with E-state index in [1.807, 2.05) is 0 Å². The van der Waals surface area contributed by atoms with Crippen molar-refractivity contribution in [3.63, 3.8) is 0 Å². The van der Waals surface area contributed by atoms with Gasteiger partial charge in [0, 0.05) is 17.1 Å². The summed E-state index contributed by atoms with van der Waals surface area (Å²) in [6.45, 7) is 13.0. The van der Waals surface area contributed by atoms with Crippen LogP contribution in [0, 0.1) is 0 Å². The second-order valence-corrected chi connectivity index (χ2v) is 13.1. The topological polar surface area (TPSA) is 68.3 Å². The number of hydrogen-bond donors (Lipinski definition) is 0. The number of allylic oxidation sites excluding steroid dienone is 8. The van der Waals surface area contributed by atoms with Gasteiger partial charge in [-0.05, 0) is 60.5 Å². The van der Waals surface area contributed by atoms with Crippen LogP contribution in [0.4, 0.5) is 0 Å². The third-order valence-electron chi connectivity index (χ3n) is 6.14. The summed E-state index contributed by atoms with van der Waals surface area (Å²) < 4.78 is 0. The first-order chi connectivity index (χ1) is 21.9. The molecule has 0 heterocycles. The molecule has 0 saturated heterocycles. The molecule has 0 N–H and O–H groups in total. The summed E-state index contributed by atoms with van der Waals surface area (Å²) in [4.78, 5) is 31.0. The van der Waals surface area contributed by atoms with Crippen molar-refractivity contribution in [1.82, 2.24) is 0 Å². The minimum absolute atomic E-state index is 0. The van der Waals surface area contributed by atoms with Crippen LogP contribution in [0.5, 0.6) is 0 Å². The monoisotopic (exact) mass is 672 g/mol. The predicted octanol–water partition coefficient (Wildman–Crippen LogP) is 6.83. The van der Waals surface area contributed by atoms with Crippen LogP contribution < -0.4 is 21.2 Å². The number of rotatable bonds is 6. The fourth-order valence-corrected chi connectivity index (χ4v) is 9.32. The van der Waals surface area contributed by atoms with Crippen molar-refractivity contribution in [1.29, 1.82) is 0 Å². The molecule has 0 aromatic heterocycles. The van der Waals surface area contributed by atoms with Gasteiger partial charge in [-0.3, -0.25) is 27.2 Å². The standard InChI is InChI=1S/2C17H15P.4CHO.Fe/c2*1-3-9-15(10-4-1)18(17-13-7-8-14-17)16-11-5-2-6-12-16;4*1-2;/h2*1-13H,14H2;4*1H;/q;;4*-1;. The van der Waals surface area contributed by atoms with E-state index in [1.165, 1.54) is 21.2 Å². The van der Waals surface area contributed by atoms with Crippen LogP contribution in [-0.4, -0.2) is 27.2 Å². The average Bonchev–Trinajstić information content (AvgIpc) is 3.87. The molecule has 0 bridgehead atoms. The van der Waals surface area contributed by atoms with Crippen LogP contribution in [0.1, 0.15) is 12.8 Å². The zero-order chi connectivity index (χ0) is 32.4. The maximum absolute atomic E-state index is 7.75. The van der Waals surface area contributed by atoms with E-state index in [-0.39, 0.29) is 32.9 Å². The number of benzene rings is 4. The minimum Gasteiger partial charge on any atom is -0.545 e. The molecule has 2 aliphatic carbocycles. The van der Waals surface area contributed by atoms with Crippen LogP contribution in [0.2, 0.25) is 0 Å². The summed E-state index contributed by atoms with van der Waals surface area (Å²) >= 11 is 0. The Morgan fingerprint density at radius 2 is 0.600 bits per heavy atom. The maximum Gasteiger partial charge on any atom is 0 e. The zero-order valence-corrected chi connectivity index (χ0v) is 27.5. The summed E-state index contributed by atoms with van der Waals surface area (Å²) in [7, 11) is -0.707. The SMILES string of the molecule is C1=CCC(P(c2ccccc2)c2ccccc2)=C1.C1=CCC(P(c2ccccc2)c2ccccc2)=C1.[CH-]=O.[CH-]=O.[CH-]=O.[CH-]=O.[Fe]. The van der Waals surface area contributed by atoms with Crippen LogP contribution in [-0.2, 0) is 36.2 Å². The first-order valence-corrected chi connectivity index (χ1v) is 16.0. The predicted molar refractivity (Wildman–Crippen MR) is 189 cm³/mol. The molecule has 0 atom stereocenters. The van der Waals surface area contributed by atoms with E-state index in [0.29, 0.717) is 0 Å². The van der Waals surface area contributed by atoms with Crippen LogP contribution in [0.25, 0.3) is 0 Å². The molecule has 4 aromatic carbocycles. The molecular formula is C38H34FeO4P2-4. The van der Waals surface area contributed by atoms with Gasteiger partial charge in [0.2, 0.25) is 0 Å². The van der Waals surface area contributed by atoms with Crippen molar-refractivity contribution in [2.45, 2.75) is 12.8 Å². The summed E-state index contributed by atoms with van der Waals surface area (Å²) in [6.07, 6.45) is 15.6. The Labute approximate surface area is 280 Å². The molecule has 0 unspecified atom stereocenters. The number of hydrogen-bond acceptors (Lipinski definition) is 4. The van der Waals surface area contributed by atoms with Crippen molar-refractivity contribution in [3.05, 3.63) is 168 Å². The minimum atomic E-state index is -0.353. The first-order valence-electron chi connectivity index (χ1n) is 13.4. The molecule has 2 aliphatic rings. The maximum atomic E-state index is 7.75. The summed E-state index contributed by atoms with van der Waals surface area (Å²) in [5.41, 5.74) is 0. The smallest absolute Gasteiger partial charge is 0 e. The number of carbonyl (C=O) groups excluding carboxylic acids is 4. The second-order valence-electron chi connectivity index (χ2n) is 8.59. The molecule has 0 spiro atoms. The third-order valence-corrected chi connectivity index (χ3v) is 11.2. The Bertz CT molecular complexity index is 1250. The molecule has 6 rings (SSSR count). The van der Waals surface area contributed by atoms with Crippen molar-refractivity contribution in [2.24, 2.45) is 0 Å². The van der Waals surface area contributed by atoms with Crippen molar-refractivity contribution < 1.29 is 36.2 Å². The van der Waals surface area contributed by atoms with E-state index in [0.717, 1.165) is 12.8 Å². The Morgan fingerprint density at radius 1 is 0.378 bits per heavy atom. The van der Waals surface area contributed by atoms with Gasteiger partial charge < -0.3 is 19.2 Å². The summed E-state index contributed by atoms with van der Waals surface area (Å²) in [6, 6.07) is 43.4. The molecule has 0 amide bonds. The normalized spacial score (nSPS) is 11.5. The van der Waals surface area contributed by atoms with Gasteiger partial charge in [-0.25, -0.2) is 0 Å². The van der Waals surface area contributed by atoms with Gasteiger partial charge in [-0.2, -0.15) is 0 Å². The summed E-state index contributed by atoms with van der Waals surface area (Å²) in [5, 5.41) is 8.84. The van der Waals surface area contributed by atoms with Gasteiger partial charge >= 0.3 is 0 Å². The molecule has 0 fully saturated rings. The fourth-order valence-electron chi connectivity index (χ4n) is 4.47. The third kappa shape index (κ3) is 13.2. The van der Waals surface area contributed by atoms with E-state index in [1.54, 1.807) is 10.6 Å². The van der Waals surface area contributed by atoms with Gasteiger partial charge in [0.15, 0.2) is 0 Å². The van der Waals surface area contributed by atoms with Crippen LogP contribution >= 0.6 is 15.8 Å². The van der Waals surface area contributed by atoms with E-state index in [4.69, 9.17) is 19.2 Å². The van der Waals surface area contributed by atoms with E-state index in [2.05, 4.69) is 185 Å². The molecular weight excluding hydrogens is 638 g/mol. The van der Waals surface area contributed by atoms with Gasteiger partial charge in [0.1, 0.15) is 0 Å². The first kappa shape index (κ1) is 40.9. The Morgan fingerprint density at radius 3 is 0.778 bits per heavy atom. The largest absolute Gasteiger partial charge is 0.545 e. The average molecular weight is 672 g/mol. The second kappa shape index (κ2) is 26.3. The van der Waals surface area contributed by atoms with Crippen molar-refractivity contribution in [2.75, 3.05) is 0 Å². The Kier molecular flexibility index (Phi) is 23.9. The Balaban J connectivity index is 0.000000693. The molecule has 0 saturated carbocycles. The summed E-state index contributed by atoms with van der Waals surface area (Å²) in [5.74, 6) is 0. The Hall–Kier alpha value is -4.10. The van der Waals surface area contributed by atoms with E-state index in [9.17, 15) is 0 Å². The van der Waals surface area contributed by atoms with Gasteiger partial charge in [-0.1, -0.05) is 158 Å². The van der Waals surface area contributed by atoms with Gasteiger partial charge in [0.25, 0.3) is 0 Å². The molecule has 45 heavy (non-hydrogen) atoms. The van der Waals surface area contributed by atoms with Crippen LogP contribution in [0.15, 0.2) is 168 Å². The van der Waals surface area contributed by atoms with E-state index >= 15 is 0 Å². The molecule has 7 heteroatoms. The van der Waals surface area contributed by atoms with Crippen molar-refractivity contribution in [3.8, 4) is 0 Å². The fraction of sp³-hybridized carbons (Fsp3) is 0.0526. The molecule has 4 nitrogen and oxygen atoms in total. The van der Waals surface area contributed by atoms with Crippen LogP contribution in [0.3, 0.4) is 0 Å². The zero-order valence-electron chi connectivity index (χ0n) is 24.6. The molecule has 4 aromatic rings. The van der Waals surface area contributed by atoms with Gasteiger partial charge in [0.05, 0.1) is 0 Å².